The van der Waals surface area contributed by atoms with Crippen molar-refractivity contribution in [2.75, 3.05) is 12.1 Å². The van der Waals surface area contributed by atoms with Crippen molar-refractivity contribution in [3.8, 4) is 11.5 Å². The summed E-state index contributed by atoms with van der Waals surface area (Å²) in [5.41, 5.74) is 3.56. The van der Waals surface area contributed by atoms with Crippen molar-refractivity contribution < 1.29 is 23.5 Å². The highest BCUT2D eigenvalue weighted by atomic mass is 19.1. The van der Waals surface area contributed by atoms with E-state index in [2.05, 4.69) is 15.8 Å². The minimum atomic E-state index is -0.392. The normalized spacial score (nSPS) is 12.2. The highest BCUT2D eigenvalue weighted by Gasteiger charge is 2.12. The molecule has 7 nitrogen and oxygen atoms in total. The Morgan fingerprint density at radius 3 is 2.58 bits per heavy atom. The first-order chi connectivity index (χ1) is 12.6. The maximum Gasteiger partial charge on any atom is 0.240 e. The number of ether oxygens (including phenoxy) is 2. The van der Waals surface area contributed by atoms with Gasteiger partial charge >= 0.3 is 0 Å². The van der Waals surface area contributed by atoms with E-state index in [1.54, 1.807) is 18.2 Å². The lowest BCUT2D eigenvalue weighted by atomic mass is 10.2. The molecule has 0 radical (unpaired) electrons. The highest BCUT2D eigenvalue weighted by molar-refractivity contribution is 5.93. The summed E-state index contributed by atoms with van der Waals surface area (Å²) in [6.07, 6.45) is 1.44. The van der Waals surface area contributed by atoms with Crippen LogP contribution in [-0.2, 0) is 9.59 Å². The number of hydrazone groups is 1. The fourth-order valence-electron chi connectivity index (χ4n) is 2.21. The molecular formula is C18H16FN3O4. The van der Waals surface area contributed by atoms with E-state index < -0.39 is 5.91 Å². The molecule has 0 fully saturated rings. The molecule has 0 bridgehead atoms. The Bertz CT molecular complexity index is 837. The summed E-state index contributed by atoms with van der Waals surface area (Å²) in [7, 11) is 0. The zero-order chi connectivity index (χ0) is 18.4. The van der Waals surface area contributed by atoms with Crippen molar-refractivity contribution in [3.05, 3.63) is 53.8 Å². The van der Waals surface area contributed by atoms with E-state index in [9.17, 15) is 14.0 Å². The van der Waals surface area contributed by atoms with Gasteiger partial charge in [0.15, 0.2) is 11.5 Å². The third kappa shape index (κ3) is 4.79. The number of nitrogens with zero attached hydrogens (tertiary/aromatic N) is 1. The standard InChI is InChI=1S/C18H16FN3O4/c19-13-2-4-14(5-3-13)21-17(23)7-8-18(24)22-20-10-12-1-6-15-16(9-12)26-11-25-15/h1-6,9-10H,7-8,11H2,(H,21,23)(H,22,24). The molecule has 0 saturated carbocycles. The molecule has 1 heterocycles. The van der Waals surface area contributed by atoms with E-state index in [4.69, 9.17) is 9.47 Å². The van der Waals surface area contributed by atoms with Gasteiger partial charge in [-0.3, -0.25) is 9.59 Å². The van der Waals surface area contributed by atoms with Crippen molar-refractivity contribution in [2.24, 2.45) is 5.10 Å². The number of hydrogen-bond donors (Lipinski definition) is 2. The number of benzene rings is 2. The molecule has 134 valence electrons. The topological polar surface area (TPSA) is 89.0 Å². The number of rotatable bonds is 6. The van der Waals surface area contributed by atoms with Crippen LogP contribution in [0.5, 0.6) is 11.5 Å². The van der Waals surface area contributed by atoms with Crippen molar-refractivity contribution in [1.82, 2.24) is 5.43 Å². The number of nitrogens with one attached hydrogen (secondary N) is 2. The molecule has 1 aliphatic heterocycles. The first-order valence-electron chi connectivity index (χ1n) is 7.87. The SMILES string of the molecule is O=C(CCC(=O)Nc1ccc(F)cc1)NN=Cc1ccc2c(c1)OCO2. The van der Waals surface area contributed by atoms with Crippen LogP contribution in [-0.4, -0.2) is 24.8 Å². The number of anilines is 1. The molecule has 0 aromatic heterocycles. The van der Waals surface area contributed by atoms with Gasteiger partial charge in [0.25, 0.3) is 0 Å². The molecule has 2 amide bonds. The number of halogens is 1. The Hall–Kier alpha value is -3.42. The van der Waals surface area contributed by atoms with Crippen LogP contribution >= 0.6 is 0 Å². The number of fused-ring (bicyclic) bond motifs is 1. The molecule has 0 aliphatic carbocycles. The van der Waals surface area contributed by atoms with Crippen LogP contribution in [0, 0.1) is 5.82 Å². The Morgan fingerprint density at radius 2 is 1.77 bits per heavy atom. The molecular weight excluding hydrogens is 341 g/mol. The second kappa shape index (κ2) is 8.11. The van der Waals surface area contributed by atoms with Gasteiger partial charge < -0.3 is 14.8 Å². The predicted octanol–water partition coefficient (Wildman–Crippen LogP) is 2.42. The molecule has 0 saturated heterocycles. The van der Waals surface area contributed by atoms with Crippen LogP contribution in [0.25, 0.3) is 0 Å². The number of carbonyl (C=O) groups excluding carboxylic acids is 2. The quantitative estimate of drug-likeness (QED) is 0.614. The van der Waals surface area contributed by atoms with Gasteiger partial charge in [-0.05, 0) is 48.0 Å². The average Bonchev–Trinajstić information content (AvgIpc) is 3.10. The number of amides is 2. The summed E-state index contributed by atoms with van der Waals surface area (Å²) >= 11 is 0. The smallest absolute Gasteiger partial charge is 0.240 e. The van der Waals surface area contributed by atoms with Crippen LogP contribution in [0.3, 0.4) is 0 Å². The van der Waals surface area contributed by atoms with E-state index in [1.807, 2.05) is 0 Å². The second-order valence-corrected chi connectivity index (χ2v) is 5.46. The largest absolute Gasteiger partial charge is 0.454 e. The Balaban J connectivity index is 1.41. The Labute approximate surface area is 148 Å². The molecule has 2 N–H and O–H groups in total. The van der Waals surface area contributed by atoms with Gasteiger partial charge in [-0.1, -0.05) is 0 Å². The van der Waals surface area contributed by atoms with Crippen molar-refractivity contribution in [2.45, 2.75) is 12.8 Å². The highest BCUT2D eigenvalue weighted by Crippen LogP contribution is 2.31. The van der Waals surface area contributed by atoms with Gasteiger partial charge in [-0.15, -0.1) is 0 Å². The summed E-state index contributed by atoms with van der Waals surface area (Å²) < 4.78 is 23.2. The van der Waals surface area contributed by atoms with Crippen LogP contribution in [0.2, 0.25) is 0 Å². The lowest BCUT2D eigenvalue weighted by molar-refractivity contribution is -0.124. The molecule has 3 rings (SSSR count). The van der Waals surface area contributed by atoms with Gasteiger partial charge in [0.1, 0.15) is 5.82 Å². The summed E-state index contributed by atoms with van der Waals surface area (Å²) in [4.78, 5) is 23.5. The second-order valence-electron chi connectivity index (χ2n) is 5.46. The van der Waals surface area contributed by atoms with Gasteiger partial charge in [0.2, 0.25) is 18.6 Å². The molecule has 26 heavy (non-hydrogen) atoms. The molecule has 1 aliphatic rings. The molecule has 2 aromatic rings. The van der Waals surface area contributed by atoms with Crippen LogP contribution in [0.1, 0.15) is 18.4 Å². The number of carbonyl (C=O) groups is 2. The summed E-state index contributed by atoms with van der Waals surface area (Å²) in [6.45, 7) is 0.187. The van der Waals surface area contributed by atoms with Crippen molar-refractivity contribution >= 4 is 23.7 Å². The molecule has 2 aromatic carbocycles. The summed E-state index contributed by atoms with van der Waals surface area (Å²) in [6, 6.07) is 10.7. The predicted molar refractivity (Wildman–Crippen MR) is 92.6 cm³/mol. The van der Waals surface area contributed by atoms with E-state index in [0.717, 1.165) is 5.56 Å². The van der Waals surface area contributed by atoms with Gasteiger partial charge in [-0.25, -0.2) is 9.82 Å². The summed E-state index contributed by atoms with van der Waals surface area (Å²) in [5, 5.41) is 6.42. The Morgan fingerprint density at radius 1 is 1.04 bits per heavy atom. The van der Waals surface area contributed by atoms with E-state index in [-0.39, 0.29) is 31.4 Å². The van der Waals surface area contributed by atoms with E-state index in [0.29, 0.717) is 17.2 Å². The van der Waals surface area contributed by atoms with Crippen molar-refractivity contribution in [1.29, 1.82) is 0 Å². The average molecular weight is 357 g/mol. The van der Waals surface area contributed by atoms with Gasteiger partial charge in [0, 0.05) is 18.5 Å². The fourth-order valence-corrected chi connectivity index (χ4v) is 2.21. The maximum absolute atomic E-state index is 12.8. The molecule has 8 heteroatoms. The minimum Gasteiger partial charge on any atom is -0.454 e. The monoisotopic (exact) mass is 357 g/mol. The van der Waals surface area contributed by atoms with Gasteiger partial charge in [-0.2, -0.15) is 5.10 Å². The lowest BCUT2D eigenvalue weighted by Crippen LogP contribution is -2.20. The lowest BCUT2D eigenvalue weighted by Gasteiger charge is -2.04. The third-order valence-electron chi connectivity index (χ3n) is 3.51. The van der Waals surface area contributed by atoms with Crippen LogP contribution in [0.4, 0.5) is 10.1 Å². The minimum absolute atomic E-state index is 0.0112. The van der Waals surface area contributed by atoms with Crippen molar-refractivity contribution in [3.63, 3.8) is 0 Å². The molecule has 0 atom stereocenters. The van der Waals surface area contributed by atoms with E-state index >= 15 is 0 Å². The van der Waals surface area contributed by atoms with Crippen LogP contribution < -0.4 is 20.2 Å². The fraction of sp³-hybridized carbons (Fsp3) is 0.167. The zero-order valence-electron chi connectivity index (χ0n) is 13.7. The number of hydrogen-bond acceptors (Lipinski definition) is 5. The molecule has 0 unspecified atom stereocenters. The Kier molecular flexibility index (Phi) is 5.43. The van der Waals surface area contributed by atoms with Crippen LogP contribution in [0.15, 0.2) is 47.6 Å². The van der Waals surface area contributed by atoms with Gasteiger partial charge in [0.05, 0.1) is 6.21 Å². The first-order valence-corrected chi connectivity index (χ1v) is 7.87. The zero-order valence-corrected chi connectivity index (χ0v) is 13.7. The summed E-state index contributed by atoms with van der Waals surface area (Å²) in [5.74, 6) is 0.168. The maximum atomic E-state index is 12.8. The van der Waals surface area contributed by atoms with E-state index in [1.165, 1.54) is 30.5 Å². The first kappa shape index (κ1) is 17.4. The third-order valence-corrected chi connectivity index (χ3v) is 3.51. The molecule has 0 spiro atoms.